The zero-order chi connectivity index (χ0) is 22.8. The van der Waals surface area contributed by atoms with E-state index in [0.717, 1.165) is 49.2 Å². The van der Waals surface area contributed by atoms with Crippen molar-refractivity contribution >= 4 is 17.4 Å². The van der Waals surface area contributed by atoms with Gasteiger partial charge in [-0.1, -0.05) is 0 Å². The third-order valence-electron chi connectivity index (χ3n) is 6.66. The van der Waals surface area contributed by atoms with Crippen molar-refractivity contribution in [2.24, 2.45) is 5.92 Å². The number of ether oxygens (including phenoxy) is 2. The minimum Gasteiger partial charge on any atom is -0.472 e. The summed E-state index contributed by atoms with van der Waals surface area (Å²) >= 11 is 0. The maximum absolute atomic E-state index is 12.9. The molecule has 0 aliphatic carbocycles. The fourth-order valence-electron chi connectivity index (χ4n) is 4.75. The average molecular weight is 450 g/mol. The van der Waals surface area contributed by atoms with Crippen LogP contribution in [0.15, 0.2) is 18.6 Å². The van der Waals surface area contributed by atoms with E-state index < -0.39 is 0 Å². The van der Waals surface area contributed by atoms with Crippen LogP contribution in [0.3, 0.4) is 0 Å². The van der Waals surface area contributed by atoms with Crippen LogP contribution in [0, 0.1) is 17.2 Å². The molecule has 1 atom stereocenters. The van der Waals surface area contributed by atoms with E-state index in [1.165, 1.54) is 0 Å². The highest BCUT2D eigenvalue weighted by Gasteiger charge is 2.33. The first kappa shape index (κ1) is 21.4. The third kappa shape index (κ3) is 4.41. The number of nitriles is 1. The molecule has 3 aliphatic rings. The molecule has 172 valence electrons. The summed E-state index contributed by atoms with van der Waals surface area (Å²) < 4.78 is 11.7. The van der Waals surface area contributed by atoms with Crippen molar-refractivity contribution in [3.8, 4) is 11.9 Å². The molecule has 2 aromatic heterocycles. The van der Waals surface area contributed by atoms with Gasteiger partial charge < -0.3 is 25.0 Å². The van der Waals surface area contributed by atoms with Gasteiger partial charge in [-0.3, -0.25) is 4.79 Å². The summed E-state index contributed by atoms with van der Waals surface area (Å²) in [6.07, 6.45) is 6.24. The number of nitrogens with two attached hydrogens (primary N) is 1. The zero-order valence-corrected chi connectivity index (χ0v) is 18.4. The number of carbonyl (C=O) groups is 1. The van der Waals surface area contributed by atoms with E-state index in [9.17, 15) is 10.1 Å². The van der Waals surface area contributed by atoms with Crippen LogP contribution in [-0.4, -0.2) is 64.7 Å². The molecule has 3 aliphatic heterocycles. The fraction of sp³-hybridized carbons (Fsp3) is 0.522. The Balaban J connectivity index is 1.28. The molecule has 10 nitrogen and oxygen atoms in total. The van der Waals surface area contributed by atoms with E-state index in [1.54, 1.807) is 18.6 Å². The zero-order valence-electron chi connectivity index (χ0n) is 18.4. The summed E-state index contributed by atoms with van der Waals surface area (Å²) in [4.78, 5) is 29.9. The van der Waals surface area contributed by atoms with Crippen LogP contribution in [0.2, 0.25) is 0 Å². The number of hydrogen-bond acceptors (Lipinski definition) is 9. The Morgan fingerprint density at radius 2 is 2.06 bits per heavy atom. The normalized spacial score (nSPS) is 20.9. The quantitative estimate of drug-likeness (QED) is 0.733. The number of anilines is 2. The minimum atomic E-state index is -0.0912. The Morgan fingerprint density at radius 1 is 1.21 bits per heavy atom. The molecule has 1 amide bonds. The number of nitrogens with zero attached hydrogens (tertiary/aromatic N) is 6. The first-order valence-corrected chi connectivity index (χ1v) is 11.4. The number of aromatic nitrogens is 3. The van der Waals surface area contributed by atoms with Crippen molar-refractivity contribution in [1.82, 2.24) is 19.9 Å². The fourth-order valence-corrected chi connectivity index (χ4v) is 4.75. The van der Waals surface area contributed by atoms with E-state index >= 15 is 0 Å². The SMILES string of the molecule is N#Cc1cc(N2CCc3ncnc(O[C@H]4CCN(C(=O)C5CCOCC5)C4)c3C2)cnc1N. The molecule has 0 spiro atoms. The van der Waals surface area contributed by atoms with Gasteiger partial charge in [0.1, 0.15) is 24.3 Å². The third-order valence-corrected chi connectivity index (χ3v) is 6.66. The first-order chi connectivity index (χ1) is 16.1. The molecule has 0 unspecified atom stereocenters. The average Bonchev–Trinajstić information content (AvgIpc) is 3.33. The van der Waals surface area contributed by atoms with Gasteiger partial charge >= 0.3 is 0 Å². The molecule has 0 saturated carbocycles. The number of rotatable bonds is 4. The van der Waals surface area contributed by atoms with E-state index in [2.05, 4.69) is 25.9 Å². The van der Waals surface area contributed by atoms with Crippen LogP contribution in [0.4, 0.5) is 11.5 Å². The molecule has 2 saturated heterocycles. The summed E-state index contributed by atoms with van der Waals surface area (Å²) in [5.41, 5.74) is 8.87. The number of amides is 1. The Kier molecular flexibility index (Phi) is 5.96. The topological polar surface area (TPSA) is 130 Å². The lowest BCUT2D eigenvalue weighted by Gasteiger charge is -2.31. The predicted molar refractivity (Wildman–Crippen MR) is 119 cm³/mol. The van der Waals surface area contributed by atoms with E-state index in [1.807, 2.05) is 4.90 Å². The second-order valence-electron chi connectivity index (χ2n) is 8.71. The van der Waals surface area contributed by atoms with Gasteiger partial charge in [0.15, 0.2) is 0 Å². The van der Waals surface area contributed by atoms with Gasteiger partial charge in [-0.15, -0.1) is 0 Å². The van der Waals surface area contributed by atoms with Crippen LogP contribution in [0.1, 0.15) is 36.1 Å². The van der Waals surface area contributed by atoms with Crippen LogP contribution in [-0.2, 0) is 22.5 Å². The van der Waals surface area contributed by atoms with Crippen molar-refractivity contribution in [2.45, 2.75) is 38.3 Å². The number of fused-ring (bicyclic) bond motifs is 1. The summed E-state index contributed by atoms with van der Waals surface area (Å²) in [7, 11) is 0. The Bertz CT molecular complexity index is 1080. The maximum Gasteiger partial charge on any atom is 0.225 e. The second-order valence-corrected chi connectivity index (χ2v) is 8.71. The van der Waals surface area contributed by atoms with Crippen LogP contribution in [0.25, 0.3) is 0 Å². The molecule has 2 aromatic rings. The maximum atomic E-state index is 12.9. The van der Waals surface area contributed by atoms with Gasteiger partial charge in [0.25, 0.3) is 0 Å². The Labute approximate surface area is 192 Å². The molecule has 33 heavy (non-hydrogen) atoms. The molecule has 5 heterocycles. The lowest BCUT2D eigenvalue weighted by atomic mass is 9.99. The van der Waals surface area contributed by atoms with E-state index in [4.69, 9.17) is 15.2 Å². The summed E-state index contributed by atoms with van der Waals surface area (Å²) in [6.45, 7) is 3.90. The van der Waals surface area contributed by atoms with Crippen molar-refractivity contribution in [1.29, 1.82) is 5.26 Å². The highest BCUT2D eigenvalue weighted by Crippen LogP contribution is 2.31. The summed E-state index contributed by atoms with van der Waals surface area (Å²) in [6, 6.07) is 3.85. The number of nitrogen functional groups attached to an aromatic ring is 1. The largest absolute Gasteiger partial charge is 0.472 e. The number of pyridine rings is 1. The molecule has 0 radical (unpaired) electrons. The van der Waals surface area contributed by atoms with Gasteiger partial charge in [0, 0.05) is 45.1 Å². The van der Waals surface area contributed by atoms with Crippen LogP contribution >= 0.6 is 0 Å². The smallest absolute Gasteiger partial charge is 0.225 e. The molecule has 0 aromatic carbocycles. The van der Waals surface area contributed by atoms with Gasteiger partial charge in [-0.05, 0) is 18.9 Å². The van der Waals surface area contributed by atoms with Gasteiger partial charge in [-0.25, -0.2) is 15.0 Å². The highest BCUT2D eigenvalue weighted by molar-refractivity contribution is 5.79. The summed E-state index contributed by atoms with van der Waals surface area (Å²) in [5.74, 6) is 1.07. The molecular weight excluding hydrogens is 422 g/mol. The van der Waals surface area contributed by atoms with Crippen molar-refractivity contribution in [3.05, 3.63) is 35.4 Å². The molecule has 10 heteroatoms. The highest BCUT2D eigenvalue weighted by atomic mass is 16.5. The Hall–Kier alpha value is -3.45. The van der Waals surface area contributed by atoms with E-state index in [0.29, 0.717) is 44.3 Å². The predicted octanol–water partition coefficient (Wildman–Crippen LogP) is 1.29. The molecule has 2 N–H and O–H groups in total. The minimum absolute atomic E-state index is 0.0599. The lowest BCUT2D eigenvalue weighted by Crippen LogP contribution is -2.38. The van der Waals surface area contributed by atoms with Crippen LogP contribution < -0.4 is 15.4 Å². The van der Waals surface area contributed by atoms with Gasteiger partial charge in [0.2, 0.25) is 11.8 Å². The molecular formula is C23H27N7O3. The number of hydrogen-bond donors (Lipinski definition) is 1. The number of likely N-dealkylation sites (tertiary alicyclic amines) is 1. The molecule has 0 bridgehead atoms. The van der Waals surface area contributed by atoms with Crippen molar-refractivity contribution in [3.63, 3.8) is 0 Å². The standard InChI is InChI=1S/C23H27N7O3/c24-10-16-9-17(11-26-21(16)25)29-6-2-20-19(13-29)22(28-14-27-20)33-18-1-5-30(12-18)23(31)15-3-7-32-8-4-15/h9,11,14-15,18H,1-8,12-13H2,(H2,25,26)/t18-/m0/s1. The van der Waals surface area contributed by atoms with Crippen molar-refractivity contribution < 1.29 is 14.3 Å². The first-order valence-electron chi connectivity index (χ1n) is 11.4. The lowest BCUT2D eigenvalue weighted by molar-refractivity contribution is -0.137. The van der Waals surface area contributed by atoms with Gasteiger partial charge in [0.05, 0.1) is 41.8 Å². The number of carbonyl (C=O) groups excluding carboxylic acids is 1. The Morgan fingerprint density at radius 3 is 2.88 bits per heavy atom. The molecule has 2 fully saturated rings. The molecule has 5 rings (SSSR count). The summed E-state index contributed by atoms with van der Waals surface area (Å²) in [5, 5.41) is 9.28. The van der Waals surface area contributed by atoms with Crippen molar-refractivity contribution in [2.75, 3.05) is 43.5 Å². The monoisotopic (exact) mass is 449 g/mol. The second kappa shape index (κ2) is 9.19. The van der Waals surface area contributed by atoms with Gasteiger partial charge in [-0.2, -0.15) is 5.26 Å². The van der Waals surface area contributed by atoms with Crippen LogP contribution in [0.5, 0.6) is 5.88 Å². The van der Waals surface area contributed by atoms with E-state index in [-0.39, 0.29) is 23.7 Å².